The summed E-state index contributed by atoms with van der Waals surface area (Å²) < 4.78 is 10.8. The maximum atomic E-state index is 10.8. The van der Waals surface area contributed by atoms with E-state index in [1.807, 2.05) is 6.07 Å². The molecule has 0 amide bonds. The second-order valence-electron chi connectivity index (χ2n) is 2.68. The minimum Gasteiger partial charge on any atom is -0.324 e. The lowest BCUT2D eigenvalue weighted by atomic mass is 10.2. The molecule has 0 bridgehead atoms. The van der Waals surface area contributed by atoms with Gasteiger partial charge < -0.3 is 9.79 Å². The Labute approximate surface area is 71.2 Å². The maximum absolute atomic E-state index is 10.8. The highest BCUT2D eigenvalue weighted by Crippen LogP contribution is 2.51. The summed E-state index contributed by atoms with van der Waals surface area (Å²) in [5, 5.41) is 0. The number of rotatable bonds is 2. The van der Waals surface area contributed by atoms with Crippen LogP contribution in [0, 0.1) is 0 Å². The van der Waals surface area contributed by atoms with Crippen molar-refractivity contribution in [1.82, 2.24) is 0 Å². The van der Waals surface area contributed by atoms with Gasteiger partial charge in [0.15, 0.2) is 0 Å². The Bertz CT molecular complexity index is 290. The van der Waals surface area contributed by atoms with Crippen LogP contribution in [0.3, 0.4) is 0 Å². The first-order valence-electron chi connectivity index (χ1n) is 3.62. The van der Waals surface area contributed by atoms with Gasteiger partial charge in [-0.25, -0.2) is 0 Å². The fourth-order valence-corrected chi connectivity index (χ4v) is 1.49. The standard InChI is InChI=1S/C8H11O3P/c1-7(12(9,10)11)8-5-3-2-4-6-8/h2-7H,1H3,(H2,9,10,11)/t7-/m0/s1. The molecule has 3 nitrogen and oxygen atoms in total. The summed E-state index contributed by atoms with van der Waals surface area (Å²) in [4.78, 5) is 17.7. The van der Waals surface area contributed by atoms with E-state index in [9.17, 15) is 4.57 Å². The molecular weight excluding hydrogens is 175 g/mol. The molecule has 4 heteroatoms. The van der Waals surface area contributed by atoms with Gasteiger partial charge >= 0.3 is 7.60 Å². The van der Waals surface area contributed by atoms with Crippen molar-refractivity contribution in [1.29, 1.82) is 0 Å². The van der Waals surface area contributed by atoms with Crippen LogP contribution in [0.5, 0.6) is 0 Å². The molecule has 0 unspecified atom stereocenters. The van der Waals surface area contributed by atoms with Crippen LogP contribution >= 0.6 is 7.60 Å². The van der Waals surface area contributed by atoms with Crippen molar-refractivity contribution in [2.45, 2.75) is 12.6 Å². The molecule has 1 atom stereocenters. The SMILES string of the molecule is C[C@@H](c1ccccc1)P(=O)(O)O. The molecule has 66 valence electrons. The molecule has 0 heterocycles. The summed E-state index contributed by atoms with van der Waals surface area (Å²) in [5.74, 6) is 0. The highest BCUT2D eigenvalue weighted by atomic mass is 31.2. The van der Waals surface area contributed by atoms with Crippen molar-refractivity contribution in [2.75, 3.05) is 0 Å². The summed E-state index contributed by atoms with van der Waals surface area (Å²) >= 11 is 0. The van der Waals surface area contributed by atoms with Gasteiger partial charge in [0.05, 0.1) is 5.66 Å². The Balaban J connectivity index is 2.94. The Morgan fingerprint density at radius 3 is 2.17 bits per heavy atom. The molecule has 0 aromatic heterocycles. The van der Waals surface area contributed by atoms with E-state index in [1.54, 1.807) is 24.3 Å². The van der Waals surface area contributed by atoms with Gasteiger partial charge in [0.2, 0.25) is 0 Å². The zero-order valence-corrected chi connectivity index (χ0v) is 7.61. The van der Waals surface area contributed by atoms with E-state index in [1.165, 1.54) is 6.92 Å². The molecule has 0 aliphatic heterocycles. The third-order valence-corrected chi connectivity index (χ3v) is 3.09. The molecule has 0 aliphatic carbocycles. The average molecular weight is 186 g/mol. The van der Waals surface area contributed by atoms with Crippen LogP contribution in [0.15, 0.2) is 30.3 Å². The fourth-order valence-electron chi connectivity index (χ4n) is 0.926. The van der Waals surface area contributed by atoms with Crippen LogP contribution in [-0.4, -0.2) is 9.79 Å². The summed E-state index contributed by atoms with van der Waals surface area (Å²) in [6.45, 7) is 1.52. The van der Waals surface area contributed by atoms with Crippen LogP contribution in [0.2, 0.25) is 0 Å². The molecule has 1 aromatic carbocycles. The number of hydrogen-bond acceptors (Lipinski definition) is 1. The van der Waals surface area contributed by atoms with E-state index < -0.39 is 13.3 Å². The zero-order valence-electron chi connectivity index (χ0n) is 6.71. The molecule has 0 aliphatic rings. The predicted octanol–water partition coefficient (Wildman–Crippen LogP) is 1.93. The Morgan fingerprint density at radius 1 is 1.25 bits per heavy atom. The largest absolute Gasteiger partial charge is 0.332 e. The Morgan fingerprint density at radius 2 is 1.75 bits per heavy atom. The van der Waals surface area contributed by atoms with Crippen molar-refractivity contribution in [3.63, 3.8) is 0 Å². The smallest absolute Gasteiger partial charge is 0.324 e. The summed E-state index contributed by atoms with van der Waals surface area (Å²) in [6.07, 6.45) is 0. The van der Waals surface area contributed by atoms with Crippen molar-refractivity contribution >= 4 is 7.60 Å². The van der Waals surface area contributed by atoms with Gasteiger partial charge in [0.25, 0.3) is 0 Å². The Kier molecular flexibility index (Phi) is 2.68. The van der Waals surface area contributed by atoms with E-state index in [0.717, 1.165) is 0 Å². The van der Waals surface area contributed by atoms with Gasteiger partial charge in [-0.1, -0.05) is 30.3 Å². The molecule has 1 aromatic rings. The maximum Gasteiger partial charge on any atom is 0.332 e. The molecule has 0 saturated heterocycles. The average Bonchev–Trinajstić information content (AvgIpc) is 2.03. The van der Waals surface area contributed by atoms with Gasteiger partial charge in [0.1, 0.15) is 0 Å². The van der Waals surface area contributed by atoms with E-state index in [4.69, 9.17) is 9.79 Å². The highest BCUT2D eigenvalue weighted by Gasteiger charge is 2.24. The van der Waals surface area contributed by atoms with Gasteiger partial charge in [-0.3, -0.25) is 4.57 Å². The zero-order chi connectivity index (χ0) is 9.19. The van der Waals surface area contributed by atoms with E-state index in [-0.39, 0.29) is 0 Å². The lowest BCUT2D eigenvalue weighted by Crippen LogP contribution is -1.93. The second-order valence-corrected chi connectivity index (χ2v) is 4.63. The van der Waals surface area contributed by atoms with Gasteiger partial charge in [0, 0.05) is 0 Å². The van der Waals surface area contributed by atoms with Crippen LogP contribution < -0.4 is 0 Å². The quantitative estimate of drug-likeness (QED) is 0.693. The molecule has 0 saturated carbocycles. The third kappa shape index (κ3) is 2.18. The molecular formula is C8H11O3P. The second kappa shape index (κ2) is 3.40. The molecule has 0 spiro atoms. The summed E-state index contributed by atoms with van der Waals surface area (Å²) in [5.41, 5.74) is -0.0375. The first-order chi connectivity index (χ1) is 5.52. The van der Waals surface area contributed by atoms with Crippen molar-refractivity contribution in [3.05, 3.63) is 35.9 Å². The van der Waals surface area contributed by atoms with Crippen LogP contribution in [-0.2, 0) is 4.57 Å². The monoisotopic (exact) mass is 186 g/mol. The van der Waals surface area contributed by atoms with E-state index in [2.05, 4.69) is 0 Å². The van der Waals surface area contributed by atoms with Crippen LogP contribution in [0.25, 0.3) is 0 Å². The number of benzene rings is 1. The molecule has 0 fully saturated rings. The third-order valence-electron chi connectivity index (χ3n) is 1.79. The highest BCUT2D eigenvalue weighted by molar-refractivity contribution is 7.52. The normalized spacial score (nSPS) is 14.2. The first-order valence-corrected chi connectivity index (χ1v) is 5.30. The van der Waals surface area contributed by atoms with Gasteiger partial charge in [-0.2, -0.15) is 0 Å². The lowest BCUT2D eigenvalue weighted by molar-refractivity contribution is 0.362. The topological polar surface area (TPSA) is 57.5 Å². The van der Waals surface area contributed by atoms with E-state index in [0.29, 0.717) is 5.56 Å². The van der Waals surface area contributed by atoms with Crippen LogP contribution in [0.4, 0.5) is 0 Å². The van der Waals surface area contributed by atoms with Gasteiger partial charge in [-0.15, -0.1) is 0 Å². The first kappa shape index (κ1) is 9.46. The van der Waals surface area contributed by atoms with Crippen molar-refractivity contribution in [3.8, 4) is 0 Å². The summed E-state index contributed by atoms with van der Waals surface area (Å²) in [7, 11) is -3.98. The minimum atomic E-state index is -3.98. The van der Waals surface area contributed by atoms with Crippen LogP contribution in [0.1, 0.15) is 18.1 Å². The molecule has 1 rings (SSSR count). The fraction of sp³-hybridized carbons (Fsp3) is 0.250. The van der Waals surface area contributed by atoms with Crippen molar-refractivity contribution in [2.24, 2.45) is 0 Å². The molecule has 0 radical (unpaired) electrons. The lowest BCUT2D eigenvalue weighted by Gasteiger charge is -2.12. The summed E-state index contributed by atoms with van der Waals surface area (Å²) in [6, 6.07) is 8.77. The molecule has 12 heavy (non-hydrogen) atoms. The molecule has 2 N–H and O–H groups in total. The minimum absolute atomic E-state index is 0.672. The van der Waals surface area contributed by atoms with Crippen molar-refractivity contribution < 1.29 is 14.4 Å². The van der Waals surface area contributed by atoms with Gasteiger partial charge in [-0.05, 0) is 12.5 Å². The Hall–Kier alpha value is -0.630. The predicted molar refractivity (Wildman–Crippen MR) is 46.9 cm³/mol. The number of hydrogen-bond donors (Lipinski definition) is 2. The van der Waals surface area contributed by atoms with E-state index >= 15 is 0 Å².